The molecule has 1 amide bonds. The van der Waals surface area contributed by atoms with E-state index in [2.05, 4.69) is 20.0 Å². The fourth-order valence-corrected chi connectivity index (χ4v) is 4.68. The Morgan fingerprint density at radius 3 is 2.24 bits per heavy atom. The first-order valence-corrected chi connectivity index (χ1v) is 12.3. The molecule has 1 atom stereocenters. The first kappa shape index (κ1) is 24.6. The zero-order valence-corrected chi connectivity index (χ0v) is 19.7. The molecule has 2 N–H and O–H groups in total. The van der Waals surface area contributed by atoms with Crippen LogP contribution in [0.2, 0.25) is 0 Å². The first-order valence-electron chi connectivity index (χ1n) is 10.8. The third-order valence-electron chi connectivity index (χ3n) is 5.15. The summed E-state index contributed by atoms with van der Waals surface area (Å²) in [7, 11) is -3.61. The Kier molecular flexibility index (Phi) is 7.98. The minimum absolute atomic E-state index is 0.0981. The number of carbonyl (C=O) groups excluding carboxylic acids is 2. The number of nitrogens with zero attached hydrogens (tertiary/aromatic N) is 3. The van der Waals surface area contributed by atoms with Gasteiger partial charge >= 0.3 is 5.97 Å². The molecule has 1 saturated heterocycles. The van der Waals surface area contributed by atoms with E-state index in [1.54, 1.807) is 32.3 Å². The highest BCUT2D eigenvalue weighted by Crippen LogP contribution is 2.22. The smallest absolute Gasteiger partial charge is 0.309 e. The van der Waals surface area contributed by atoms with Crippen LogP contribution in [0.25, 0.3) is 0 Å². The summed E-state index contributed by atoms with van der Waals surface area (Å²) in [5.74, 6) is -0.559. The van der Waals surface area contributed by atoms with Gasteiger partial charge < -0.3 is 15.0 Å². The van der Waals surface area contributed by atoms with Crippen LogP contribution in [-0.2, 0) is 24.3 Å². The van der Waals surface area contributed by atoms with E-state index in [1.807, 2.05) is 4.90 Å². The Morgan fingerprint density at radius 2 is 1.67 bits per heavy atom. The van der Waals surface area contributed by atoms with Gasteiger partial charge in [0.05, 0.1) is 10.8 Å². The molecular formula is C22H29N5O5S. The predicted molar refractivity (Wildman–Crippen MR) is 123 cm³/mol. The average molecular weight is 476 g/mol. The van der Waals surface area contributed by atoms with Crippen LogP contribution in [0.3, 0.4) is 0 Å². The zero-order valence-electron chi connectivity index (χ0n) is 18.9. The molecule has 0 radical (unpaired) electrons. The number of benzene rings is 1. The molecule has 1 aliphatic heterocycles. The summed E-state index contributed by atoms with van der Waals surface area (Å²) in [4.78, 5) is 35.5. The number of sulfonamides is 1. The van der Waals surface area contributed by atoms with Crippen LogP contribution in [0.15, 0.2) is 47.6 Å². The number of esters is 1. The second-order valence-corrected chi connectivity index (χ2v) is 9.89. The van der Waals surface area contributed by atoms with Crippen molar-refractivity contribution >= 4 is 33.5 Å². The van der Waals surface area contributed by atoms with Crippen molar-refractivity contribution in [1.29, 1.82) is 0 Å². The Morgan fingerprint density at radius 1 is 1.06 bits per heavy atom. The number of ether oxygens (including phenoxy) is 1. The highest BCUT2D eigenvalue weighted by Gasteiger charge is 2.29. The maximum absolute atomic E-state index is 12.5. The van der Waals surface area contributed by atoms with Gasteiger partial charge in [0.2, 0.25) is 16.0 Å². The van der Waals surface area contributed by atoms with E-state index in [0.717, 1.165) is 0 Å². The molecule has 0 bridgehead atoms. The molecule has 0 spiro atoms. The van der Waals surface area contributed by atoms with Crippen LogP contribution in [0.5, 0.6) is 0 Å². The van der Waals surface area contributed by atoms with Crippen molar-refractivity contribution in [1.82, 2.24) is 14.7 Å². The van der Waals surface area contributed by atoms with Crippen molar-refractivity contribution in [3.8, 4) is 0 Å². The van der Waals surface area contributed by atoms with Crippen LogP contribution >= 0.6 is 0 Å². The molecule has 0 aliphatic carbocycles. The summed E-state index contributed by atoms with van der Waals surface area (Å²) in [5, 5.41) is 2.64. The van der Waals surface area contributed by atoms with Gasteiger partial charge in [0.15, 0.2) is 6.10 Å². The largest absolute Gasteiger partial charge is 0.452 e. The SMILES string of the molecule is CC(C)NS(=O)(=O)c1ccc(NC(=O)C(C)OC(=O)C2CCN(c3ncccn3)CC2)cc1. The standard InChI is InChI=1S/C22H29N5O5S/c1-15(2)26-33(30,31)19-7-5-18(6-8-19)25-20(28)16(3)32-21(29)17-9-13-27(14-10-17)22-23-11-4-12-24-22/h4-8,11-12,15-17,26H,9-10,13-14H2,1-3H3,(H,25,28). The fraction of sp³-hybridized carbons (Fsp3) is 0.455. The average Bonchev–Trinajstić information content (AvgIpc) is 2.79. The van der Waals surface area contributed by atoms with Crippen molar-refractivity contribution < 1.29 is 22.7 Å². The molecule has 1 aliphatic rings. The van der Waals surface area contributed by atoms with Gasteiger partial charge in [-0.05, 0) is 63.9 Å². The summed E-state index contributed by atoms with van der Waals surface area (Å²) in [6.07, 6.45) is 3.55. The van der Waals surface area contributed by atoms with Gasteiger partial charge in [0, 0.05) is 37.2 Å². The van der Waals surface area contributed by atoms with Gasteiger partial charge in [-0.2, -0.15) is 0 Å². The lowest BCUT2D eigenvalue weighted by atomic mass is 9.97. The molecule has 11 heteroatoms. The molecular weight excluding hydrogens is 446 g/mol. The number of anilines is 2. The maximum atomic E-state index is 12.5. The third-order valence-corrected chi connectivity index (χ3v) is 6.82. The van der Waals surface area contributed by atoms with Gasteiger partial charge in [-0.1, -0.05) is 0 Å². The first-order chi connectivity index (χ1) is 15.7. The lowest BCUT2D eigenvalue weighted by Crippen LogP contribution is -2.39. The van der Waals surface area contributed by atoms with E-state index in [0.29, 0.717) is 37.6 Å². The molecule has 1 fully saturated rings. The Bertz CT molecular complexity index is 1050. The van der Waals surface area contributed by atoms with E-state index < -0.39 is 28.0 Å². The summed E-state index contributed by atoms with van der Waals surface area (Å²) in [6, 6.07) is 7.30. The lowest BCUT2D eigenvalue weighted by Gasteiger charge is -2.31. The molecule has 3 rings (SSSR count). The highest BCUT2D eigenvalue weighted by molar-refractivity contribution is 7.89. The third kappa shape index (κ3) is 6.72. The van der Waals surface area contributed by atoms with Crippen molar-refractivity contribution in [2.24, 2.45) is 5.92 Å². The summed E-state index contributed by atoms with van der Waals surface area (Å²) in [5.41, 5.74) is 0.405. The lowest BCUT2D eigenvalue weighted by molar-refractivity contribution is -0.158. The number of aromatic nitrogens is 2. The van der Waals surface area contributed by atoms with Crippen molar-refractivity contribution in [2.45, 2.75) is 50.7 Å². The van der Waals surface area contributed by atoms with E-state index >= 15 is 0 Å². The second kappa shape index (κ2) is 10.7. The van der Waals surface area contributed by atoms with Crippen LogP contribution in [0.4, 0.5) is 11.6 Å². The van der Waals surface area contributed by atoms with E-state index in [9.17, 15) is 18.0 Å². The molecule has 10 nitrogen and oxygen atoms in total. The molecule has 1 aromatic heterocycles. The van der Waals surface area contributed by atoms with E-state index in [-0.39, 0.29) is 16.9 Å². The van der Waals surface area contributed by atoms with Crippen LogP contribution in [0, 0.1) is 5.92 Å². The number of nitrogens with one attached hydrogen (secondary N) is 2. The quantitative estimate of drug-likeness (QED) is 0.554. The second-order valence-electron chi connectivity index (χ2n) is 8.18. The minimum atomic E-state index is -3.61. The van der Waals surface area contributed by atoms with E-state index in [1.165, 1.54) is 31.2 Å². The van der Waals surface area contributed by atoms with Gasteiger partial charge in [-0.15, -0.1) is 0 Å². The molecule has 2 heterocycles. The number of rotatable bonds is 8. The van der Waals surface area contributed by atoms with E-state index in [4.69, 9.17) is 4.74 Å². The van der Waals surface area contributed by atoms with Crippen LogP contribution in [-0.4, -0.2) is 55.5 Å². The Labute approximate surface area is 193 Å². The van der Waals surface area contributed by atoms with Crippen molar-refractivity contribution in [2.75, 3.05) is 23.3 Å². The molecule has 178 valence electrons. The monoisotopic (exact) mass is 475 g/mol. The number of hydrogen-bond donors (Lipinski definition) is 2. The highest BCUT2D eigenvalue weighted by atomic mass is 32.2. The normalized spacial score (nSPS) is 15.8. The van der Waals surface area contributed by atoms with Gasteiger partial charge in [0.1, 0.15) is 0 Å². The maximum Gasteiger partial charge on any atom is 0.309 e. The Hall–Kier alpha value is -3.05. The molecule has 0 saturated carbocycles. The number of amides is 1. The molecule has 33 heavy (non-hydrogen) atoms. The zero-order chi connectivity index (χ0) is 24.0. The number of piperidine rings is 1. The van der Waals surface area contributed by atoms with Crippen molar-refractivity contribution in [3.63, 3.8) is 0 Å². The topological polar surface area (TPSA) is 131 Å². The van der Waals surface area contributed by atoms with Crippen LogP contribution < -0.4 is 14.9 Å². The predicted octanol–water partition coefficient (Wildman–Crippen LogP) is 1.95. The minimum Gasteiger partial charge on any atom is -0.452 e. The number of hydrogen-bond acceptors (Lipinski definition) is 8. The van der Waals surface area contributed by atoms with Crippen molar-refractivity contribution in [3.05, 3.63) is 42.7 Å². The fourth-order valence-electron chi connectivity index (χ4n) is 3.43. The summed E-state index contributed by atoms with van der Waals surface area (Å²) >= 11 is 0. The molecule has 2 aromatic rings. The van der Waals surface area contributed by atoms with Gasteiger partial charge in [0.25, 0.3) is 5.91 Å². The van der Waals surface area contributed by atoms with Crippen LogP contribution in [0.1, 0.15) is 33.6 Å². The summed E-state index contributed by atoms with van der Waals surface area (Å²) in [6.45, 7) is 6.23. The van der Waals surface area contributed by atoms with Gasteiger partial charge in [-0.25, -0.2) is 23.1 Å². The molecule has 1 unspecified atom stereocenters. The number of carbonyl (C=O) groups is 2. The van der Waals surface area contributed by atoms with Gasteiger partial charge in [-0.3, -0.25) is 9.59 Å². The molecule has 1 aromatic carbocycles. The summed E-state index contributed by atoms with van der Waals surface area (Å²) < 4.78 is 32.3. The Balaban J connectivity index is 1.49.